The standard InChI is InChI=1S/C14H12N2O4/c1-10-7-8-12(16(19)20)9-13(10)15(14(17)18)11-5-3-2-4-6-11/h2-9H,1H3,(H,17,18)/p-1. The van der Waals surface area contributed by atoms with Gasteiger partial charge in [-0.2, -0.15) is 0 Å². The van der Waals surface area contributed by atoms with E-state index in [9.17, 15) is 20.0 Å². The number of carbonyl (C=O) groups is 1. The van der Waals surface area contributed by atoms with E-state index in [4.69, 9.17) is 0 Å². The largest absolute Gasteiger partial charge is 0.529 e. The molecule has 102 valence electrons. The minimum atomic E-state index is -1.44. The second-order valence-electron chi connectivity index (χ2n) is 4.16. The first-order chi connectivity index (χ1) is 9.50. The summed E-state index contributed by atoms with van der Waals surface area (Å²) in [7, 11) is 0. The van der Waals surface area contributed by atoms with E-state index < -0.39 is 11.0 Å². The van der Waals surface area contributed by atoms with Crippen LogP contribution in [0.3, 0.4) is 0 Å². The molecular formula is C14H11N2O4-. The molecule has 0 aliphatic heterocycles. The Morgan fingerprint density at radius 3 is 2.35 bits per heavy atom. The fourth-order valence-electron chi connectivity index (χ4n) is 1.87. The highest BCUT2D eigenvalue weighted by molar-refractivity contribution is 5.94. The van der Waals surface area contributed by atoms with E-state index in [0.717, 1.165) is 4.90 Å². The molecule has 20 heavy (non-hydrogen) atoms. The minimum Gasteiger partial charge on any atom is -0.529 e. The van der Waals surface area contributed by atoms with E-state index in [0.29, 0.717) is 11.3 Å². The molecule has 2 rings (SSSR count). The van der Waals surface area contributed by atoms with Gasteiger partial charge in [0, 0.05) is 17.8 Å². The molecule has 0 saturated heterocycles. The van der Waals surface area contributed by atoms with E-state index >= 15 is 0 Å². The Labute approximate surface area is 115 Å². The lowest BCUT2D eigenvalue weighted by molar-refractivity contribution is -0.384. The van der Waals surface area contributed by atoms with E-state index in [1.165, 1.54) is 18.2 Å². The second-order valence-corrected chi connectivity index (χ2v) is 4.16. The molecule has 0 N–H and O–H groups in total. The SMILES string of the molecule is Cc1ccc([N+](=O)[O-])cc1N(C(=O)[O-])c1ccccc1. The summed E-state index contributed by atoms with van der Waals surface area (Å²) in [4.78, 5) is 22.5. The van der Waals surface area contributed by atoms with Crippen molar-refractivity contribution in [3.05, 3.63) is 64.2 Å². The van der Waals surface area contributed by atoms with E-state index in [2.05, 4.69) is 0 Å². The molecule has 0 unspecified atom stereocenters. The maximum absolute atomic E-state index is 11.4. The highest BCUT2D eigenvalue weighted by atomic mass is 16.6. The number of nitro benzene ring substituents is 1. The molecule has 6 nitrogen and oxygen atoms in total. The van der Waals surface area contributed by atoms with Crippen molar-refractivity contribution in [2.24, 2.45) is 0 Å². The Morgan fingerprint density at radius 2 is 1.80 bits per heavy atom. The zero-order chi connectivity index (χ0) is 14.7. The molecule has 0 aliphatic carbocycles. The average Bonchev–Trinajstić information content (AvgIpc) is 2.41. The zero-order valence-electron chi connectivity index (χ0n) is 10.6. The monoisotopic (exact) mass is 271 g/mol. The molecule has 0 fully saturated rings. The van der Waals surface area contributed by atoms with Crippen LogP contribution in [0.2, 0.25) is 0 Å². The average molecular weight is 271 g/mol. The summed E-state index contributed by atoms with van der Waals surface area (Å²) in [5.41, 5.74) is 1.01. The number of hydrogen-bond donors (Lipinski definition) is 0. The number of carboxylic acid groups (broad SMARTS) is 1. The lowest BCUT2D eigenvalue weighted by atomic mass is 10.1. The Morgan fingerprint density at radius 1 is 1.15 bits per heavy atom. The van der Waals surface area contributed by atoms with Crippen molar-refractivity contribution in [1.29, 1.82) is 0 Å². The van der Waals surface area contributed by atoms with Crippen LogP contribution >= 0.6 is 0 Å². The quantitative estimate of drug-likeness (QED) is 0.633. The first-order valence-corrected chi connectivity index (χ1v) is 5.82. The topological polar surface area (TPSA) is 86.5 Å². The van der Waals surface area contributed by atoms with Crippen molar-refractivity contribution in [3.63, 3.8) is 0 Å². The molecule has 0 heterocycles. The van der Waals surface area contributed by atoms with Crippen molar-refractivity contribution in [2.45, 2.75) is 6.92 Å². The molecule has 0 aromatic heterocycles. The molecule has 2 aromatic carbocycles. The van der Waals surface area contributed by atoms with Crippen LogP contribution in [0, 0.1) is 17.0 Å². The molecule has 0 saturated carbocycles. The predicted molar refractivity (Wildman–Crippen MR) is 71.8 cm³/mol. The Kier molecular flexibility index (Phi) is 3.65. The fourth-order valence-corrected chi connectivity index (χ4v) is 1.87. The molecule has 1 amide bonds. The summed E-state index contributed by atoms with van der Waals surface area (Å²) in [6.45, 7) is 1.68. The third-order valence-corrected chi connectivity index (χ3v) is 2.84. The number of anilines is 2. The number of non-ortho nitro benzene ring substituents is 1. The van der Waals surface area contributed by atoms with Gasteiger partial charge in [0.05, 0.1) is 10.6 Å². The molecular weight excluding hydrogens is 260 g/mol. The van der Waals surface area contributed by atoms with Crippen LogP contribution < -0.4 is 10.0 Å². The first kappa shape index (κ1) is 13.5. The summed E-state index contributed by atoms with van der Waals surface area (Å²) in [5, 5.41) is 22.2. The molecule has 0 aliphatic rings. The van der Waals surface area contributed by atoms with Crippen LogP contribution in [0.25, 0.3) is 0 Å². The highest BCUT2D eigenvalue weighted by Gasteiger charge is 2.16. The number of rotatable bonds is 3. The first-order valence-electron chi connectivity index (χ1n) is 5.82. The molecule has 6 heteroatoms. The van der Waals surface area contributed by atoms with Crippen molar-refractivity contribution in [2.75, 3.05) is 4.90 Å². The van der Waals surface area contributed by atoms with E-state index in [1.54, 1.807) is 37.3 Å². The van der Waals surface area contributed by atoms with Crippen LogP contribution in [0.5, 0.6) is 0 Å². The summed E-state index contributed by atoms with van der Waals surface area (Å²) >= 11 is 0. The van der Waals surface area contributed by atoms with Crippen molar-refractivity contribution in [3.8, 4) is 0 Å². The van der Waals surface area contributed by atoms with E-state index in [1.807, 2.05) is 0 Å². The molecule has 0 bridgehead atoms. The number of amides is 1. The highest BCUT2D eigenvalue weighted by Crippen LogP contribution is 2.31. The Hall–Kier alpha value is -2.89. The van der Waals surface area contributed by atoms with Gasteiger partial charge in [-0.05, 0) is 24.6 Å². The predicted octanol–water partition coefficient (Wildman–Crippen LogP) is 2.38. The van der Waals surface area contributed by atoms with Gasteiger partial charge in [-0.3, -0.25) is 15.0 Å². The number of aryl methyl sites for hydroxylation is 1. The van der Waals surface area contributed by atoms with E-state index in [-0.39, 0.29) is 11.4 Å². The Balaban J connectivity index is 2.58. The maximum atomic E-state index is 11.4. The van der Waals surface area contributed by atoms with Gasteiger partial charge in [0.25, 0.3) is 5.69 Å². The van der Waals surface area contributed by atoms with Gasteiger partial charge in [0.1, 0.15) is 6.09 Å². The number of para-hydroxylation sites is 1. The van der Waals surface area contributed by atoms with Gasteiger partial charge in [-0.15, -0.1) is 0 Å². The van der Waals surface area contributed by atoms with Gasteiger partial charge in [-0.1, -0.05) is 24.3 Å². The number of nitro groups is 1. The summed E-state index contributed by atoms with van der Waals surface area (Å²) in [5.74, 6) is 0. The van der Waals surface area contributed by atoms with Gasteiger partial charge in [0.15, 0.2) is 0 Å². The van der Waals surface area contributed by atoms with Crippen molar-refractivity contribution in [1.82, 2.24) is 0 Å². The zero-order valence-corrected chi connectivity index (χ0v) is 10.6. The van der Waals surface area contributed by atoms with Crippen LogP contribution in [0.15, 0.2) is 48.5 Å². The van der Waals surface area contributed by atoms with Crippen LogP contribution in [0.4, 0.5) is 21.9 Å². The second kappa shape index (κ2) is 5.40. The lowest BCUT2D eigenvalue weighted by Crippen LogP contribution is -2.38. The summed E-state index contributed by atoms with van der Waals surface area (Å²) < 4.78 is 0. The number of carbonyl (C=O) groups excluding carboxylic acids is 1. The molecule has 0 radical (unpaired) electrons. The van der Waals surface area contributed by atoms with Crippen molar-refractivity contribution < 1.29 is 14.8 Å². The Bertz CT molecular complexity index is 655. The van der Waals surface area contributed by atoms with Crippen LogP contribution in [-0.2, 0) is 0 Å². The summed E-state index contributed by atoms with van der Waals surface area (Å²) in [6, 6.07) is 12.3. The third kappa shape index (κ3) is 2.59. The lowest BCUT2D eigenvalue weighted by Gasteiger charge is -2.26. The summed E-state index contributed by atoms with van der Waals surface area (Å²) in [6.07, 6.45) is -1.44. The van der Waals surface area contributed by atoms with Crippen LogP contribution in [-0.4, -0.2) is 11.0 Å². The smallest absolute Gasteiger partial charge is 0.271 e. The number of benzene rings is 2. The number of nitrogens with zero attached hydrogens (tertiary/aromatic N) is 2. The van der Waals surface area contributed by atoms with Gasteiger partial charge in [-0.25, -0.2) is 0 Å². The van der Waals surface area contributed by atoms with Gasteiger partial charge < -0.3 is 9.90 Å². The van der Waals surface area contributed by atoms with Gasteiger partial charge >= 0.3 is 0 Å². The van der Waals surface area contributed by atoms with Gasteiger partial charge in [0.2, 0.25) is 0 Å². The third-order valence-electron chi connectivity index (χ3n) is 2.84. The normalized spacial score (nSPS) is 10.1. The number of hydrogen-bond acceptors (Lipinski definition) is 4. The fraction of sp³-hybridized carbons (Fsp3) is 0.0714. The van der Waals surface area contributed by atoms with Crippen LogP contribution in [0.1, 0.15) is 5.56 Å². The molecule has 2 aromatic rings. The van der Waals surface area contributed by atoms with Crippen molar-refractivity contribution >= 4 is 23.2 Å². The molecule has 0 atom stereocenters. The maximum Gasteiger partial charge on any atom is 0.271 e. The minimum absolute atomic E-state index is 0.173. The molecule has 0 spiro atoms.